The summed E-state index contributed by atoms with van der Waals surface area (Å²) in [4.78, 5) is 4.45. The number of aromatic nitrogens is 1. The fourth-order valence-corrected chi connectivity index (χ4v) is 3.01. The topological polar surface area (TPSA) is 26.0 Å². The SMILES string of the molecule is c1ccc(-c2cccc3c4c(oc23)CCCC4)nc1. The van der Waals surface area contributed by atoms with Crippen LogP contribution in [0.5, 0.6) is 0 Å². The molecule has 2 aromatic heterocycles. The highest BCUT2D eigenvalue weighted by Crippen LogP contribution is 2.36. The predicted molar refractivity (Wildman–Crippen MR) is 76.1 cm³/mol. The summed E-state index contributed by atoms with van der Waals surface area (Å²) in [6.07, 6.45) is 6.57. The van der Waals surface area contributed by atoms with Gasteiger partial charge in [0.05, 0.1) is 5.69 Å². The monoisotopic (exact) mass is 249 g/mol. The molecule has 0 aliphatic heterocycles. The number of pyridine rings is 1. The highest BCUT2D eigenvalue weighted by atomic mass is 16.3. The van der Waals surface area contributed by atoms with Gasteiger partial charge in [0.25, 0.3) is 0 Å². The van der Waals surface area contributed by atoms with Crippen molar-refractivity contribution in [3.63, 3.8) is 0 Å². The van der Waals surface area contributed by atoms with Gasteiger partial charge in [0.15, 0.2) is 0 Å². The predicted octanol–water partition coefficient (Wildman–Crippen LogP) is 4.37. The van der Waals surface area contributed by atoms with Crippen molar-refractivity contribution < 1.29 is 4.42 Å². The minimum absolute atomic E-state index is 0.985. The van der Waals surface area contributed by atoms with Gasteiger partial charge in [0, 0.05) is 29.1 Å². The lowest BCUT2D eigenvalue weighted by atomic mass is 9.95. The summed E-state index contributed by atoms with van der Waals surface area (Å²) in [5.74, 6) is 1.18. The number of rotatable bonds is 1. The van der Waals surface area contributed by atoms with E-state index >= 15 is 0 Å². The Morgan fingerprint density at radius 1 is 0.947 bits per heavy atom. The first-order chi connectivity index (χ1) is 9.43. The Balaban J connectivity index is 2.00. The van der Waals surface area contributed by atoms with Crippen molar-refractivity contribution in [2.75, 3.05) is 0 Å². The highest BCUT2D eigenvalue weighted by molar-refractivity contribution is 5.94. The van der Waals surface area contributed by atoms with Gasteiger partial charge in [-0.25, -0.2) is 0 Å². The summed E-state index contributed by atoms with van der Waals surface area (Å²) >= 11 is 0. The molecule has 0 fully saturated rings. The van der Waals surface area contributed by atoms with Gasteiger partial charge in [-0.15, -0.1) is 0 Å². The van der Waals surface area contributed by atoms with Crippen molar-refractivity contribution in [3.8, 4) is 11.3 Å². The summed E-state index contributed by atoms with van der Waals surface area (Å²) in [6, 6.07) is 12.4. The summed E-state index contributed by atoms with van der Waals surface area (Å²) < 4.78 is 6.14. The fraction of sp³-hybridized carbons (Fsp3) is 0.235. The third kappa shape index (κ3) is 1.67. The van der Waals surface area contributed by atoms with Gasteiger partial charge in [0.1, 0.15) is 11.3 Å². The molecule has 0 saturated carbocycles. The van der Waals surface area contributed by atoms with Crippen LogP contribution in [-0.2, 0) is 12.8 Å². The Bertz CT molecular complexity index is 728. The van der Waals surface area contributed by atoms with Gasteiger partial charge in [-0.1, -0.05) is 18.2 Å². The van der Waals surface area contributed by atoms with Crippen molar-refractivity contribution >= 4 is 11.0 Å². The molecule has 2 heterocycles. The Kier molecular flexibility index (Phi) is 2.41. The Morgan fingerprint density at radius 3 is 2.79 bits per heavy atom. The van der Waals surface area contributed by atoms with Gasteiger partial charge < -0.3 is 4.42 Å². The molecule has 0 saturated heterocycles. The van der Waals surface area contributed by atoms with Crippen LogP contribution in [0.15, 0.2) is 47.0 Å². The summed E-state index contributed by atoms with van der Waals surface area (Å²) in [6.45, 7) is 0. The second-order valence-corrected chi connectivity index (χ2v) is 5.11. The van der Waals surface area contributed by atoms with Crippen molar-refractivity contribution in [1.82, 2.24) is 4.98 Å². The smallest absolute Gasteiger partial charge is 0.143 e. The van der Waals surface area contributed by atoms with Crippen LogP contribution in [0.1, 0.15) is 24.2 Å². The molecule has 94 valence electrons. The Labute approximate surface area is 112 Å². The molecule has 0 N–H and O–H groups in total. The Morgan fingerprint density at radius 2 is 1.89 bits per heavy atom. The maximum Gasteiger partial charge on any atom is 0.143 e. The van der Waals surface area contributed by atoms with E-state index in [-0.39, 0.29) is 0 Å². The summed E-state index contributed by atoms with van der Waals surface area (Å²) in [5.41, 5.74) is 4.51. The number of para-hydroxylation sites is 1. The third-order valence-electron chi connectivity index (χ3n) is 3.92. The summed E-state index contributed by atoms with van der Waals surface area (Å²) in [5, 5.41) is 1.28. The van der Waals surface area contributed by atoms with E-state index in [1.54, 1.807) is 0 Å². The van der Waals surface area contributed by atoms with Gasteiger partial charge >= 0.3 is 0 Å². The molecule has 1 aliphatic rings. The van der Waals surface area contributed by atoms with Crippen LogP contribution in [0.3, 0.4) is 0 Å². The minimum atomic E-state index is 0.985. The van der Waals surface area contributed by atoms with Crippen LogP contribution in [0.25, 0.3) is 22.2 Å². The molecule has 1 aliphatic carbocycles. The van der Waals surface area contributed by atoms with Crippen LogP contribution in [0, 0.1) is 0 Å². The average molecular weight is 249 g/mol. The fourth-order valence-electron chi connectivity index (χ4n) is 3.01. The zero-order valence-corrected chi connectivity index (χ0v) is 10.7. The molecule has 3 aromatic rings. The molecule has 0 atom stereocenters. The number of fused-ring (bicyclic) bond motifs is 3. The van der Waals surface area contributed by atoms with Crippen LogP contribution >= 0.6 is 0 Å². The lowest BCUT2D eigenvalue weighted by Crippen LogP contribution is -1.98. The molecule has 19 heavy (non-hydrogen) atoms. The van der Waals surface area contributed by atoms with Gasteiger partial charge in [-0.05, 0) is 37.5 Å². The number of hydrogen-bond acceptors (Lipinski definition) is 2. The molecule has 0 amide bonds. The number of benzene rings is 1. The van der Waals surface area contributed by atoms with Crippen molar-refractivity contribution in [2.24, 2.45) is 0 Å². The quantitative estimate of drug-likeness (QED) is 0.640. The second-order valence-electron chi connectivity index (χ2n) is 5.11. The number of furan rings is 1. The zero-order valence-electron chi connectivity index (χ0n) is 10.7. The molecule has 2 heteroatoms. The molecular formula is C17H15NO. The molecule has 2 nitrogen and oxygen atoms in total. The largest absolute Gasteiger partial charge is 0.460 e. The Hall–Kier alpha value is -2.09. The first-order valence-electron chi connectivity index (χ1n) is 6.88. The van der Waals surface area contributed by atoms with Gasteiger partial charge in [-0.2, -0.15) is 0 Å². The lowest BCUT2D eigenvalue weighted by molar-refractivity contribution is 0.506. The molecule has 1 aromatic carbocycles. The zero-order chi connectivity index (χ0) is 12.7. The molecule has 0 unspecified atom stereocenters. The van der Waals surface area contributed by atoms with Crippen LogP contribution in [0.4, 0.5) is 0 Å². The van der Waals surface area contributed by atoms with E-state index < -0.39 is 0 Å². The first-order valence-corrected chi connectivity index (χ1v) is 6.88. The van der Waals surface area contributed by atoms with Crippen LogP contribution in [0.2, 0.25) is 0 Å². The normalized spacial score (nSPS) is 14.5. The van der Waals surface area contributed by atoms with Gasteiger partial charge in [-0.3, -0.25) is 4.98 Å². The van der Waals surface area contributed by atoms with E-state index in [9.17, 15) is 0 Å². The number of aryl methyl sites for hydroxylation is 2. The molecule has 0 bridgehead atoms. The molecule has 0 radical (unpaired) electrons. The first kappa shape index (κ1) is 10.8. The molecular weight excluding hydrogens is 234 g/mol. The van der Waals surface area contributed by atoms with E-state index in [0.29, 0.717) is 0 Å². The minimum Gasteiger partial charge on any atom is -0.460 e. The van der Waals surface area contributed by atoms with Crippen LogP contribution < -0.4 is 0 Å². The third-order valence-corrected chi connectivity index (χ3v) is 3.92. The average Bonchev–Trinajstić information content (AvgIpc) is 2.87. The van der Waals surface area contributed by atoms with Gasteiger partial charge in [0.2, 0.25) is 0 Å². The molecule has 0 spiro atoms. The van der Waals surface area contributed by atoms with Crippen molar-refractivity contribution in [1.29, 1.82) is 0 Å². The summed E-state index contributed by atoms with van der Waals surface area (Å²) in [7, 11) is 0. The van der Waals surface area contributed by atoms with Crippen molar-refractivity contribution in [2.45, 2.75) is 25.7 Å². The second kappa shape index (κ2) is 4.23. The maximum atomic E-state index is 6.14. The number of hydrogen-bond donors (Lipinski definition) is 0. The lowest BCUT2D eigenvalue weighted by Gasteiger charge is -2.08. The van der Waals surface area contributed by atoms with E-state index in [0.717, 1.165) is 29.7 Å². The maximum absolute atomic E-state index is 6.14. The van der Waals surface area contributed by atoms with Crippen molar-refractivity contribution in [3.05, 3.63) is 53.9 Å². The van der Waals surface area contributed by atoms with E-state index in [1.807, 2.05) is 24.4 Å². The van der Waals surface area contributed by atoms with E-state index in [1.165, 1.54) is 29.6 Å². The highest BCUT2D eigenvalue weighted by Gasteiger charge is 2.19. The van der Waals surface area contributed by atoms with E-state index in [2.05, 4.69) is 23.2 Å². The van der Waals surface area contributed by atoms with E-state index in [4.69, 9.17) is 4.42 Å². The standard InChI is InChI=1S/C17H15NO/c1-2-10-16-12(6-1)13-7-5-8-14(17(13)19-16)15-9-3-4-11-18-15/h3-5,7-9,11H,1-2,6,10H2. The number of nitrogens with zero attached hydrogens (tertiary/aromatic N) is 1. The van der Waals surface area contributed by atoms with Crippen LogP contribution in [-0.4, -0.2) is 4.98 Å². The molecule has 4 rings (SSSR count).